The average Bonchev–Trinajstić information content (AvgIpc) is 2.88. The molecule has 38 heavy (non-hydrogen) atoms. The molecule has 3 atom stereocenters. The summed E-state index contributed by atoms with van der Waals surface area (Å²) in [6.45, 7) is 0.477. The van der Waals surface area contributed by atoms with Gasteiger partial charge in [0.2, 0.25) is 0 Å². The van der Waals surface area contributed by atoms with Crippen molar-refractivity contribution in [3.05, 3.63) is 24.3 Å². The van der Waals surface area contributed by atoms with Crippen LogP contribution < -0.4 is 5.73 Å². The molecular formula is C27H50NO9P. The van der Waals surface area contributed by atoms with Gasteiger partial charge in [0.25, 0.3) is 0 Å². The third kappa shape index (κ3) is 24.8. The van der Waals surface area contributed by atoms with Crippen LogP contribution in [-0.2, 0) is 27.9 Å². The summed E-state index contributed by atoms with van der Waals surface area (Å²) < 4.78 is 25.5. The molecule has 0 heterocycles. The van der Waals surface area contributed by atoms with Gasteiger partial charge < -0.3 is 25.6 Å². The standard InChI is InChI=1S/C27H50NO9P/c1-2-3-4-5-6-7-8-9-10-11-12-13-14-15-16-17-18-19-20-26(30)35-21-24(29)22-36-38(33,34)37-23-25(28)27(31)32/h7-8,10-11,24-25,29H,2-6,9,12-23,28H2,1H3,(H,31,32)(H,33,34)/b8-7-,11-10-. The summed E-state index contributed by atoms with van der Waals surface area (Å²) in [6.07, 6.45) is 23.9. The largest absolute Gasteiger partial charge is 0.480 e. The molecule has 10 nitrogen and oxygen atoms in total. The molecule has 0 aliphatic heterocycles. The lowest BCUT2D eigenvalue weighted by Crippen LogP contribution is -2.34. The second-order valence-electron chi connectivity index (χ2n) is 9.38. The van der Waals surface area contributed by atoms with Gasteiger partial charge in [-0.1, -0.05) is 82.6 Å². The fourth-order valence-electron chi connectivity index (χ4n) is 3.38. The summed E-state index contributed by atoms with van der Waals surface area (Å²) >= 11 is 0. The van der Waals surface area contributed by atoms with Gasteiger partial charge in [-0.05, 0) is 38.5 Å². The van der Waals surface area contributed by atoms with Crippen molar-refractivity contribution in [2.45, 2.75) is 115 Å². The van der Waals surface area contributed by atoms with Crippen LogP contribution in [0.1, 0.15) is 103 Å². The van der Waals surface area contributed by atoms with Crippen molar-refractivity contribution in [1.82, 2.24) is 0 Å². The van der Waals surface area contributed by atoms with Gasteiger partial charge in [-0.25, -0.2) is 4.57 Å². The number of carboxylic acids is 1. The number of aliphatic carboxylic acids is 1. The average molecular weight is 564 g/mol. The number of nitrogens with two attached hydrogens (primary N) is 1. The summed E-state index contributed by atoms with van der Waals surface area (Å²) in [4.78, 5) is 31.8. The minimum atomic E-state index is -4.59. The zero-order chi connectivity index (χ0) is 28.5. The lowest BCUT2D eigenvalue weighted by atomic mass is 10.1. The Hall–Kier alpha value is -1.55. The SMILES string of the molecule is CCCCCC/C=C\C/C=C\CCCCCCCCCC(=O)OCC(O)COP(=O)(O)OCC(N)C(=O)O. The zero-order valence-electron chi connectivity index (χ0n) is 23.0. The number of allylic oxidation sites excluding steroid dienone is 4. The molecule has 0 aliphatic carbocycles. The Morgan fingerprint density at radius 3 is 1.92 bits per heavy atom. The quantitative estimate of drug-likeness (QED) is 0.0462. The molecule has 0 bridgehead atoms. The Kier molecular flexibility index (Phi) is 23.5. The molecule has 0 aromatic heterocycles. The first-order valence-corrected chi connectivity index (χ1v) is 15.4. The lowest BCUT2D eigenvalue weighted by molar-refractivity contribution is -0.147. The molecule has 0 aliphatic rings. The van der Waals surface area contributed by atoms with Crippen LogP contribution in [0.25, 0.3) is 0 Å². The van der Waals surface area contributed by atoms with Crippen LogP contribution in [0.5, 0.6) is 0 Å². The zero-order valence-corrected chi connectivity index (χ0v) is 23.9. The van der Waals surface area contributed by atoms with Crippen LogP contribution in [0, 0.1) is 0 Å². The third-order valence-electron chi connectivity index (χ3n) is 5.68. The highest BCUT2D eigenvalue weighted by Gasteiger charge is 2.26. The van der Waals surface area contributed by atoms with E-state index in [1.165, 1.54) is 51.4 Å². The number of hydrogen-bond donors (Lipinski definition) is 4. The van der Waals surface area contributed by atoms with E-state index in [1.54, 1.807) is 0 Å². The summed E-state index contributed by atoms with van der Waals surface area (Å²) in [7, 11) is -4.59. The van der Waals surface area contributed by atoms with Crippen LogP contribution >= 0.6 is 7.82 Å². The normalized spacial score (nSPS) is 15.1. The maximum atomic E-state index is 11.8. The molecule has 0 saturated carbocycles. The van der Waals surface area contributed by atoms with Gasteiger partial charge >= 0.3 is 19.8 Å². The van der Waals surface area contributed by atoms with E-state index >= 15 is 0 Å². The summed E-state index contributed by atoms with van der Waals surface area (Å²) in [5, 5.41) is 18.3. The predicted octanol–water partition coefficient (Wildman–Crippen LogP) is 5.42. The molecule has 0 aromatic rings. The minimum absolute atomic E-state index is 0.236. The van der Waals surface area contributed by atoms with E-state index in [0.29, 0.717) is 6.42 Å². The number of aliphatic hydroxyl groups excluding tert-OH is 1. The molecule has 222 valence electrons. The Bertz CT molecular complexity index is 715. The van der Waals surface area contributed by atoms with Crippen LogP contribution in [-0.4, -0.2) is 59.0 Å². The molecule has 0 fully saturated rings. The van der Waals surface area contributed by atoms with E-state index in [1.807, 2.05) is 0 Å². The van der Waals surface area contributed by atoms with Crippen molar-refractivity contribution in [3.63, 3.8) is 0 Å². The lowest BCUT2D eigenvalue weighted by Gasteiger charge is -2.16. The number of aliphatic hydroxyl groups is 1. The van der Waals surface area contributed by atoms with E-state index in [-0.39, 0.29) is 6.42 Å². The van der Waals surface area contributed by atoms with Gasteiger partial charge in [0.05, 0.1) is 13.2 Å². The number of phosphoric acid groups is 1. The Labute approximate surface area is 228 Å². The number of carboxylic acid groups (broad SMARTS) is 1. The number of esters is 1. The first-order valence-electron chi connectivity index (χ1n) is 13.9. The number of unbranched alkanes of at least 4 members (excludes halogenated alkanes) is 11. The van der Waals surface area contributed by atoms with Crippen molar-refractivity contribution in [1.29, 1.82) is 0 Å². The van der Waals surface area contributed by atoms with E-state index in [9.17, 15) is 24.2 Å². The summed E-state index contributed by atoms with van der Waals surface area (Å²) in [6, 6.07) is -1.49. The Balaban J connectivity index is 3.59. The molecule has 0 spiro atoms. The van der Waals surface area contributed by atoms with Gasteiger partial charge in [0, 0.05) is 6.42 Å². The molecule has 0 aromatic carbocycles. The monoisotopic (exact) mass is 563 g/mol. The number of hydrogen-bond acceptors (Lipinski definition) is 8. The molecule has 5 N–H and O–H groups in total. The smallest absolute Gasteiger partial charge is 0.472 e. The van der Waals surface area contributed by atoms with E-state index in [4.69, 9.17) is 15.6 Å². The molecule has 3 unspecified atom stereocenters. The second-order valence-corrected chi connectivity index (χ2v) is 10.8. The van der Waals surface area contributed by atoms with Crippen LogP contribution in [0.3, 0.4) is 0 Å². The number of carbonyl (C=O) groups is 2. The highest BCUT2D eigenvalue weighted by atomic mass is 31.2. The number of carbonyl (C=O) groups excluding carboxylic acids is 1. The maximum absolute atomic E-state index is 11.8. The topological polar surface area (TPSA) is 166 Å². The van der Waals surface area contributed by atoms with Gasteiger partial charge in [-0.2, -0.15) is 0 Å². The highest BCUT2D eigenvalue weighted by Crippen LogP contribution is 2.43. The van der Waals surface area contributed by atoms with Crippen molar-refractivity contribution in [2.75, 3.05) is 19.8 Å². The van der Waals surface area contributed by atoms with E-state index in [0.717, 1.165) is 32.1 Å². The first-order chi connectivity index (χ1) is 18.2. The fraction of sp³-hybridized carbons (Fsp3) is 0.778. The maximum Gasteiger partial charge on any atom is 0.472 e. The Morgan fingerprint density at radius 1 is 0.816 bits per heavy atom. The van der Waals surface area contributed by atoms with Crippen LogP contribution in [0.4, 0.5) is 0 Å². The molecule has 0 saturated heterocycles. The van der Waals surface area contributed by atoms with Crippen molar-refractivity contribution in [3.8, 4) is 0 Å². The van der Waals surface area contributed by atoms with E-state index in [2.05, 4.69) is 40.3 Å². The van der Waals surface area contributed by atoms with Gasteiger partial charge in [-0.3, -0.25) is 18.6 Å². The fourth-order valence-corrected chi connectivity index (χ4v) is 4.17. The van der Waals surface area contributed by atoms with Crippen LogP contribution in [0.2, 0.25) is 0 Å². The Morgan fingerprint density at radius 2 is 1.34 bits per heavy atom. The predicted molar refractivity (Wildman–Crippen MR) is 148 cm³/mol. The molecule has 0 amide bonds. The molecule has 0 rings (SSSR count). The van der Waals surface area contributed by atoms with Crippen molar-refractivity contribution < 1.29 is 43.0 Å². The third-order valence-corrected chi connectivity index (χ3v) is 6.63. The minimum Gasteiger partial charge on any atom is -0.480 e. The summed E-state index contributed by atoms with van der Waals surface area (Å²) in [5.41, 5.74) is 5.16. The van der Waals surface area contributed by atoms with Crippen LogP contribution in [0.15, 0.2) is 24.3 Å². The molecular weight excluding hydrogens is 513 g/mol. The number of phosphoric ester groups is 1. The number of ether oxygens (including phenoxy) is 1. The van der Waals surface area contributed by atoms with Gasteiger partial charge in [0.1, 0.15) is 18.8 Å². The van der Waals surface area contributed by atoms with Crippen molar-refractivity contribution >= 4 is 19.8 Å². The van der Waals surface area contributed by atoms with Gasteiger partial charge in [-0.15, -0.1) is 0 Å². The van der Waals surface area contributed by atoms with Gasteiger partial charge in [0.15, 0.2) is 0 Å². The van der Waals surface area contributed by atoms with Crippen molar-refractivity contribution in [2.24, 2.45) is 5.73 Å². The summed E-state index contributed by atoms with van der Waals surface area (Å²) in [5.74, 6) is -1.86. The molecule has 11 heteroatoms. The molecule has 0 radical (unpaired) electrons. The van der Waals surface area contributed by atoms with E-state index < -0.39 is 51.7 Å². The number of rotatable bonds is 26. The second kappa shape index (κ2) is 24.5. The first kappa shape index (κ1) is 36.5. The highest BCUT2D eigenvalue weighted by molar-refractivity contribution is 7.47.